The highest BCUT2D eigenvalue weighted by atomic mass is 19.1. The van der Waals surface area contributed by atoms with E-state index < -0.39 is 0 Å². The second-order valence-electron chi connectivity index (χ2n) is 7.65. The number of amides is 1. The van der Waals surface area contributed by atoms with Crippen molar-refractivity contribution in [2.24, 2.45) is 0 Å². The van der Waals surface area contributed by atoms with Gasteiger partial charge in [-0.1, -0.05) is 18.2 Å². The minimum atomic E-state index is -0.255. The highest BCUT2D eigenvalue weighted by Crippen LogP contribution is 2.21. The number of hydrogen-bond acceptors (Lipinski definition) is 3. The van der Waals surface area contributed by atoms with Gasteiger partial charge in [0.2, 0.25) is 0 Å². The third kappa shape index (κ3) is 3.62. The lowest BCUT2D eigenvalue weighted by atomic mass is 10.1. The van der Waals surface area contributed by atoms with Gasteiger partial charge in [0.15, 0.2) is 0 Å². The fourth-order valence-electron chi connectivity index (χ4n) is 3.85. The third-order valence-corrected chi connectivity index (χ3v) is 5.50. The van der Waals surface area contributed by atoms with Crippen LogP contribution in [0.2, 0.25) is 0 Å². The molecule has 0 saturated carbocycles. The summed E-state index contributed by atoms with van der Waals surface area (Å²) in [4.78, 5) is 30.1. The number of piperazine rings is 1. The Labute approximate surface area is 169 Å². The van der Waals surface area contributed by atoms with Crippen LogP contribution in [-0.4, -0.2) is 41.6 Å². The molecule has 1 aliphatic heterocycles. The zero-order valence-electron chi connectivity index (χ0n) is 16.6. The number of benzene rings is 2. The molecule has 1 aliphatic rings. The first-order valence-corrected chi connectivity index (χ1v) is 9.89. The lowest BCUT2D eigenvalue weighted by Gasteiger charge is -2.36. The van der Waals surface area contributed by atoms with Crippen LogP contribution in [0.25, 0.3) is 10.8 Å². The largest absolute Gasteiger partial charge is 0.368 e. The molecule has 6 heteroatoms. The van der Waals surface area contributed by atoms with Crippen LogP contribution in [0.5, 0.6) is 0 Å². The topological polar surface area (TPSA) is 45.6 Å². The molecule has 0 unspecified atom stereocenters. The van der Waals surface area contributed by atoms with Crippen LogP contribution in [-0.2, 0) is 0 Å². The van der Waals surface area contributed by atoms with E-state index in [0.29, 0.717) is 42.5 Å². The molecular formula is C23H24FN3O2. The van der Waals surface area contributed by atoms with Crippen molar-refractivity contribution in [1.29, 1.82) is 0 Å². The van der Waals surface area contributed by atoms with Gasteiger partial charge in [-0.2, -0.15) is 0 Å². The molecule has 0 radical (unpaired) electrons. The van der Waals surface area contributed by atoms with Crippen LogP contribution in [0.1, 0.15) is 30.2 Å². The first-order valence-electron chi connectivity index (χ1n) is 9.89. The molecule has 2 aromatic carbocycles. The van der Waals surface area contributed by atoms with E-state index in [0.717, 1.165) is 5.69 Å². The SMILES string of the molecule is CC(C)n1cc(C(=O)N2CCN(c3ccc(F)cc3)CC2)c2ccccc2c1=O. The van der Waals surface area contributed by atoms with Crippen LogP contribution in [0.15, 0.2) is 59.5 Å². The molecule has 2 heterocycles. The third-order valence-electron chi connectivity index (χ3n) is 5.50. The fraction of sp³-hybridized carbons (Fsp3) is 0.304. The van der Waals surface area contributed by atoms with Crippen molar-refractivity contribution >= 4 is 22.4 Å². The lowest BCUT2D eigenvalue weighted by Crippen LogP contribution is -2.49. The molecule has 0 spiro atoms. The number of anilines is 1. The standard InChI is InChI=1S/C23H24FN3O2/c1-16(2)27-15-21(19-5-3-4-6-20(19)23(27)29)22(28)26-13-11-25(12-14-26)18-9-7-17(24)8-10-18/h3-10,15-16H,11-14H2,1-2H3. The van der Waals surface area contributed by atoms with Gasteiger partial charge in [0.1, 0.15) is 5.82 Å². The van der Waals surface area contributed by atoms with Gasteiger partial charge in [-0.3, -0.25) is 9.59 Å². The maximum absolute atomic E-state index is 13.3. The van der Waals surface area contributed by atoms with Gasteiger partial charge in [-0.05, 0) is 44.2 Å². The van der Waals surface area contributed by atoms with E-state index in [4.69, 9.17) is 0 Å². The highest BCUT2D eigenvalue weighted by Gasteiger charge is 2.25. The zero-order chi connectivity index (χ0) is 20.5. The molecule has 0 N–H and O–H groups in total. The molecule has 29 heavy (non-hydrogen) atoms. The Kier molecular flexibility index (Phi) is 5.09. The molecule has 150 valence electrons. The van der Waals surface area contributed by atoms with Crippen LogP contribution in [0.4, 0.5) is 10.1 Å². The predicted octanol–water partition coefficient (Wildman–Crippen LogP) is 3.68. The van der Waals surface area contributed by atoms with Crippen molar-refractivity contribution in [3.8, 4) is 0 Å². The van der Waals surface area contributed by atoms with Crippen LogP contribution >= 0.6 is 0 Å². The van der Waals surface area contributed by atoms with E-state index in [1.165, 1.54) is 12.1 Å². The molecule has 1 aromatic heterocycles. The Balaban J connectivity index is 1.61. The van der Waals surface area contributed by atoms with Crippen LogP contribution in [0, 0.1) is 5.82 Å². The van der Waals surface area contributed by atoms with Crippen molar-refractivity contribution in [2.75, 3.05) is 31.1 Å². The normalized spacial score (nSPS) is 14.6. The van der Waals surface area contributed by atoms with E-state index in [2.05, 4.69) is 4.90 Å². The first kappa shape index (κ1) is 19.2. The summed E-state index contributed by atoms with van der Waals surface area (Å²) < 4.78 is 14.8. The minimum Gasteiger partial charge on any atom is -0.368 e. The summed E-state index contributed by atoms with van der Waals surface area (Å²) in [5.74, 6) is -0.316. The molecule has 1 amide bonds. The van der Waals surface area contributed by atoms with Gasteiger partial charge in [0, 0.05) is 54.9 Å². The average Bonchev–Trinajstić information content (AvgIpc) is 2.74. The Morgan fingerprint density at radius 1 is 0.931 bits per heavy atom. The number of aromatic nitrogens is 1. The highest BCUT2D eigenvalue weighted by molar-refractivity contribution is 6.06. The number of fused-ring (bicyclic) bond motifs is 1. The first-order chi connectivity index (χ1) is 14.0. The molecule has 1 fully saturated rings. The van der Waals surface area contributed by atoms with Gasteiger partial charge in [-0.15, -0.1) is 0 Å². The second-order valence-corrected chi connectivity index (χ2v) is 7.65. The van der Waals surface area contributed by atoms with Gasteiger partial charge in [-0.25, -0.2) is 4.39 Å². The lowest BCUT2D eigenvalue weighted by molar-refractivity contribution is 0.0748. The maximum atomic E-state index is 13.3. The number of rotatable bonds is 3. The quantitative estimate of drug-likeness (QED) is 0.682. The van der Waals surface area contributed by atoms with Crippen molar-refractivity contribution in [3.05, 3.63) is 76.5 Å². The Morgan fingerprint density at radius 3 is 2.17 bits per heavy atom. The summed E-state index contributed by atoms with van der Waals surface area (Å²) in [5.41, 5.74) is 1.44. The Hall–Kier alpha value is -3.15. The predicted molar refractivity (Wildman–Crippen MR) is 113 cm³/mol. The minimum absolute atomic E-state index is 0.0334. The number of carbonyl (C=O) groups excluding carboxylic acids is 1. The fourth-order valence-corrected chi connectivity index (χ4v) is 3.85. The Morgan fingerprint density at radius 2 is 1.55 bits per heavy atom. The van der Waals surface area contributed by atoms with Crippen LogP contribution < -0.4 is 10.5 Å². The molecule has 1 saturated heterocycles. The summed E-state index contributed by atoms with van der Waals surface area (Å²) in [7, 11) is 0. The monoisotopic (exact) mass is 393 g/mol. The molecule has 0 bridgehead atoms. The number of carbonyl (C=O) groups is 1. The molecule has 0 atom stereocenters. The number of halogens is 1. The molecular weight excluding hydrogens is 369 g/mol. The van der Waals surface area contributed by atoms with E-state index in [1.807, 2.05) is 36.9 Å². The molecule has 4 rings (SSSR count). The summed E-state index contributed by atoms with van der Waals surface area (Å²) >= 11 is 0. The molecule has 5 nitrogen and oxygen atoms in total. The van der Waals surface area contributed by atoms with Gasteiger partial charge in [0.25, 0.3) is 11.5 Å². The van der Waals surface area contributed by atoms with Crippen molar-refractivity contribution in [3.63, 3.8) is 0 Å². The van der Waals surface area contributed by atoms with Crippen molar-refractivity contribution in [2.45, 2.75) is 19.9 Å². The summed E-state index contributed by atoms with van der Waals surface area (Å²) in [6.45, 7) is 6.38. The number of hydrogen-bond donors (Lipinski definition) is 0. The average molecular weight is 393 g/mol. The van der Waals surface area contributed by atoms with E-state index in [-0.39, 0.29) is 23.3 Å². The maximum Gasteiger partial charge on any atom is 0.258 e. The molecule has 3 aromatic rings. The van der Waals surface area contributed by atoms with E-state index in [9.17, 15) is 14.0 Å². The summed E-state index contributed by atoms with van der Waals surface area (Å²) in [6, 6.07) is 13.7. The smallest absolute Gasteiger partial charge is 0.258 e. The zero-order valence-corrected chi connectivity index (χ0v) is 16.6. The Bertz CT molecular complexity index is 1100. The van der Waals surface area contributed by atoms with Gasteiger partial charge >= 0.3 is 0 Å². The summed E-state index contributed by atoms with van der Waals surface area (Å²) in [5, 5.41) is 1.26. The molecule has 0 aliphatic carbocycles. The summed E-state index contributed by atoms with van der Waals surface area (Å²) in [6.07, 6.45) is 1.70. The van der Waals surface area contributed by atoms with Crippen LogP contribution in [0.3, 0.4) is 0 Å². The van der Waals surface area contributed by atoms with Crippen molar-refractivity contribution < 1.29 is 9.18 Å². The number of pyridine rings is 1. The van der Waals surface area contributed by atoms with Crippen molar-refractivity contribution in [1.82, 2.24) is 9.47 Å². The van der Waals surface area contributed by atoms with E-state index in [1.54, 1.807) is 29.0 Å². The van der Waals surface area contributed by atoms with Gasteiger partial charge in [0.05, 0.1) is 5.56 Å². The van der Waals surface area contributed by atoms with Gasteiger partial charge < -0.3 is 14.4 Å². The van der Waals surface area contributed by atoms with E-state index >= 15 is 0 Å². The number of nitrogens with zero attached hydrogens (tertiary/aromatic N) is 3. The second kappa shape index (κ2) is 7.70.